The zero-order valence-corrected chi connectivity index (χ0v) is 15.8. The van der Waals surface area contributed by atoms with Gasteiger partial charge in [-0.15, -0.1) is 0 Å². The van der Waals surface area contributed by atoms with Gasteiger partial charge in [-0.2, -0.15) is 0 Å². The molecule has 3 aromatic carbocycles. The lowest BCUT2D eigenvalue weighted by Crippen LogP contribution is -2.22. The molecule has 0 aliphatic heterocycles. The average molecular weight is 399 g/mol. The molecule has 0 spiro atoms. The van der Waals surface area contributed by atoms with Gasteiger partial charge in [-0.25, -0.2) is 4.79 Å². The van der Waals surface area contributed by atoms with E-state index in [2.05, 4.69) is 0 Å². The quantitative estimate of drug-likeness (QED) is 0.492. The van der Waals surface area contributed by atoms with Crippen molar-refractivity contribution in [3.63, 3.8) is 0 Å². The summed E-state index contributed by atoms with van der Waals surface area (Å²) >= 11 is 0. The molecule has 0 amide bonds. The van der Waals surface area contributed by atoms with Crippen LogP contribution in [0.3, 0.4) is 0 Å². The first-order valence-corrected chi connectivity index (χ1v) is 9.00. The standard InChI is InChI=1S/C25H27NO3/c1-18-6-2-11-22(14-18)24(27)17-26-13-5-8-19-7-3-9-20(15-19)21-10-4-12-23(16-21)25(28)29/h2-4,6-7,9-12,14-16,24,26-27H,5,8,13,17H2,1H3,(H,28,29)/t24-/m0/s1/i3D,7D,9D,13D2,15D,17D2,24D. The number of carboxylic acids is 1. The van der Waals surface area contributed by atoms with E-state index in [1.54, 1.807) is 19.1 Å². The summed E-state index contributed by atoms with van der Waals surface area (Å²) in [4.78, 5) is 11.4. The molecule has 0 unspecified atom stereocenters. The summed E-state index contributed by atoms with van der Waals surface area (Å²) in [6.45, 7) is -3.77. The zero-order valence-electron chi connectivity index (χ0n) is 24.8. The maximum atomic E-state index is 11.4. The predicted molar refractivity (Wildman–Crippen MR) is 116 cm³/mol. The van der Waals surface area contributed by atoms with Crippen LogP contribution in [0.15, 0.2) is 72.7 Å². The predicted octanol–water partition coefficient (Wildman–Crippen LogP) is 4.62. The molecule has 150 valence electrons. The van der Waals surface area contributed by atoms with Crippen molar-refractivity contribution in [3.8, 4) is 11.1 Å². The van der Waals surface area contributed by atoms with Crippen LogP contribution < -0.4 is 5.32 Å². The Hall–Kier alpha value is -2.95. The fraction of sp³-hybridized carbons (Fsp3) is 0.240. The number of aliphatic hydroxyl groups is 1. The van der Waals surface area contributed by atoms with Gasteiger partial charge in [0.1, 0.15) is 0 Å². The molecule has 3 N–H and O–H groups in total. The fourth-order valence-corrected chi connectivity index (χ4v) is 2.68. The summed E-state index contributed by atoms with van der Waals surface area (Å²) in [6, 6.07) is 9.73. The second kappa shape index (κ2) is 10.0. The molecule has 1 atom stereocenters. The maximum Gasteiger partial charge on any atom is 0.335 e. The van der Waals surface area contributed by atoms with Gasteiger partial charge in [-0.3, -0.25) is 0 Å². The van der Waals surface area contributed by atoms with E-state index in [1.807, 2.05) is 5.32 Å². The molecule has 0 fully saturated rings. The van der Waals surface area contributed by atoms with Crippen LogP contribution in [-0.4, -0.2) is 29.2 Å². The van der Waals surface area contributed by atoms with Crippen molar-refractivity contribution in [2.45, 2.75) is 25.8 Å². The summed E-state index contributed by atoms with van der Waals surface area (Å²) in [6.07, 6.45) is -3.66. The number of hydrogen-bond acceptors (Lipinski definition) is 3. The molecular weight excluding hydrogens is 362 g/mol. The molecule has 0 saturated carbocycles. The largest absolute Gasteiger partial charge is 0.478 e. The monoisotopic (exact) mass is 398 g/mol. The second-order valence-corrected chi connectivity index (χ2v) is 6.38. The number of hydrogen-bond donors (Lipinski definition) is 3. The Balaban J connectivity index is 1.92. The first kappa shape index (κ1) is 11.9. The molecule has 0 aliphatic carbocycles. The molecule has 4 heteroatoms. The molecule has 29 heavy (non-hydrogen) atoms. The van der Waals surface area contributed by atoms with Crippen molar-refractivity contribution < 1.29 is 27.3 Å². The number of carboxylic acid groups (broad SMARTS) is 1. The molecular formula is C25H27NO3. The van der Waals surface area contributed by atoms with Gasteiger partial charge in [0.25, 0.3) is 0 Å². The number of rotatable bonds is 9. The van der Waals surface area contributed by atoms with Crippen LogP contribution in [-0.2, 0) is 6.42 Å². The van der Waals surface area contributed by atoms with Gasteiger partial charge in [0.2, 0.25) is 0 Å². The molecule has 0 saturated heterocycles. The van der Waals surface area contributed by atoms with Crippen LogP contribution in [0, 0.1) is 6.92 Å². The highest BCUT2D eigenvalue weighted by atomic mass is 16.4. The second-order valence-electron chi connectivity index (χ2n) is 6.38. The number of benzene rings is 3. The third-order valence-electron chi connectivity index (χ3n) is 4.14. The van der Waals surface area contributed by atoms with Crippen molar-refractivity contribution in [1.82, 2.24) is 5.32 Å². The highest BCUT2D eigenvalue weighted by Crippen LogP contribution is 2.22. The van der Waals surface area contributed by atoms with Gasteiger partial charge in [0.15, 0.2) is 0 Å². The first-order valence-electron chi connectivity index (χ1n) is 13.5. The van der Waals surface area contributed by atoms with E-state index in [0.717, 1.165) is 0 Å². The van der Waals surface area contributed by atoms with Gasteiger partial charge in [-0.05, 0) is 60.6 Å². The van der Waals surface area contributed by atoms with E-state index < -0.39 is 49.6 Å². The Morgan fingerprint density at radius 1 is 1.21 bits per heavy atom. The van der Waals surface area contributed by atoms with Crippen LogP contribution in [0.5, 0.6) is 0 Å². The van der Waals surface area contributed by atoms with Crippen molar-refractivity contribution in [3.05, 3.63) is 95.0 Å². The summed E-state index contributed by atoms with van der Waals surface area (Å²) < 4.78 is 74.6. The van der Waals surface area contributed by atoms with Gasteiger partial charge in [0.05, 0.1) is 18.5 Å². The van der Waals surface area contributed by atoms with Gasteiger partial charge in [0, 0.05) is 12.0 Å². The minimum atomic E-state index is -2.95. The molecule has 0 aromatic heterocycles. The summed E-state index contributed by atoms with van der Waals surface area (Å²) in [5.41, 5.74) is 0.534. The van der Waals surface area contributed by atoms with E-state index in [1.165, 1.54) is 36.4 Å². The number of carbonyl (C=O) groups is 1. The average Bonchev–Trinajstić information content (AvgIpc) is 2.82. The molecule has 4 nitrogen and oxygen atoms in total. The Labute approximate surface area is 184 Å². The normalized spacial score (nSPS) is 18.5. The third-order valence-corrected chi connectivity index (χ3v) is 4.14. The minimum absolute atomic E-state index is 0.0760. The van der Waals surface area contributed by atoms with Crippen LogP contribution >= 0.6 is 0 Å². The molecule has 0 radical (unpaired) electrons. The van der Waals surface area contributed by atoms with E-state index in [0.29, 0.717) is 5.56 Å². The molecule has 0 aliphatic rings. The SMILES string of the molecule is [2H]c1c([2H])c(CCC([2H])([2H])NC([2H])([2H])[C@]([2H])(O)c2cccc(C)c2)c([2H])c(-c2cccc(C(=O)O)c2)c1[2H]. The molecule has 3 rings (SSSR count). The summed E-state index contributed by atoms with van der Waals surface area (Å²) in [5, 5.41) is 22.0. The molecule has 0 bridgehead atoms. The van der Waals surface area contributed by atoms with Crippen LogP contribution in [0.1, 0.15) is 51.9 Å². The number of aryl methyl sites for hydroxylation is 1. The van der Waals surface area contributed by atoms with Gasteiger partial charge < -0.3 is 15.5 Å². The fourth-order valence-electron chi connectivity index (χ4n) is 2.68. The lowest BCUT2D eigenvalue weighted by Gasteiger charge is -2.13. The summed E-state index contributed by atoms with van der Waals surface area (Å²) in [7, 11) is 0. The van der Waals surface area contributed by atoms with Crippen LogP contribution in [0.25, 0.3) is 11.1 Å². The third kappa shape index (κ3) is 6.01. The van der Waals surface area contributed by atoms with E-state index in [4.69, 9.17) is 12.3 Å². The Bertz CT molecular complexity index is 1380. The van der Waals surface area contributed by atoms with Crippen molar-refractivity contribution in [2.75, 3.05) is 13.0 Å². The lowest BCUT2D eigenvalue weighted by atomic mass is 9.99. The number of aromatic carboxylic acids is 1. The van der Waals surface area contributed by atoms with Crippen LogP contribution in [0.2, 0.25) is 0 Å². The Kier molecular flexibility index (Phi) is 4.11. The van der Waals surface area contributed by atoms with Crippen molar-refractivity contribution >= 4 is 5.97 Å². The highest BCUT2D eigenvalue weighted by molar-refractivity contribution is 5.89. The number of nitrogens with one attached hydrogen (secondary N) is 1. The topological polar surface area (TPSA) is 69.6 Å². The lowest BCUT2D eigenvalue weighted by molar-refractivity contribution is 0.0697. The van der Waals surface area contributed by atoms with Crippen molar-refractivity contribution in [1.29, 1.82) is 0 Å². The highest BCUT2D eigenvalue weighted by Gasteiger charge is 2.07. The van der Waals surface area contributed by atoms with Gasteiger partial charge >= 0.3 is 5.97 Å². The van der Waals surface area contributed by atoms with E-state index >= 15 is 0 Å². The van der Waals surface area contributed by atoms with Crippen LogP contribution in [0.4, 0.5) is 0 Å². The minimum Gasteiger partial charge on any atom is -0.478 e. The van der Waals surface area contributed by atoms with E-state index in [-0.39, 0.29) is 40.3 Å². The van der Waals surface area contributed by atoms with E-state index in [9.17, 15) is 15.0 Å². The molecule has 3 aromatic rings. The summed E-state index contributed by atoms with van der Waals surface area (Å²) in [5.74, 6) is -1.22. The van der Waals surface area contributed by atoms with Crippen molar-refractivity contribution in [2.24, 2.45) is 0 Å². The van der Waals surface area contributed by atoms with Gasteiger partial charge in [-0.1, -0.05) is 66.1 Å². The maximum absolute atomic E-state index is 11.4. The zero-order chi connectivity index (χ0) is 28.6. The smallest absolute Gasteiger partial charge is 0.335 e. The Morgan fingerprint density at radius 2 is 2.03 bits per heavy atom. The first-order chi connectivity index (χ1) is 17.5. The molecule has 0 heterocycles. The Morgan fingerprint density at radius 3 is 2.83 bits per heavy atom.